The van der Waals surface area contributed by atoms with Gasteiger partial charge in [0, 0.05) is 19.4 Å². The van der Waals surface area contributed by atoms with E-state index in [-0.39, 0.29) is 38.0 Å². The van der Waals surface area contributed by atoms with Gasteiger partial charge in [-0.05, 0) is 55.7 Å². The quantitative estimate of drug-likeness (QED) is 0.0588. The van der Waals surface area contributed by atoms with E-state index in [1.54, 1.807) is 27.7 Å². The van der Waals surface area contributed by atoms with Crippen LogP contribution in [0.2, 0.25) is 0 Å². The molecule has 57 heavy (non-hydrogen) atoms. The van der Waals surface area contributed by atoms with E-state index in [0.717, 1.165) is 0 Å². The van der Waals surface area contributed by atoms with Gasteiger partial charge in [0.2, 0.25) is 47.3 Å². The van der Waals surface area contributed by atoms with Crippen molar-refractivity contribution in [2.45, 2.75) is 122 Å². The molecular formula is C37H57N9O11. The highest BCUT2D eigenvalue weighted by Gasteiger charge is 2.41. The smallest absolute Gasteiger partial charge is 0.325 e. The number of aliphatic carboxylic acids is 1. The van der Waals surface area contributed by atoms with Crippen LogP contribution in [-0.4, -0.2) is 117 Å². The fourth-order valence-electron chi connectivity index (χ4n) is 6.06. The number of aromatic hydroxyl groups is 1. The van der Waals surface area contributed by atoms with E-state index in [0.29, 0.717) is 18.4 Å². The van der Waals surface area contributed by atoms with E-state index in [2.05, 4.69) is 26.6 Å². The highest BCUT2D eigenvalue weighted by molar-refractivity contribution is 5.98. The van der Waals surface area contributed by atoms with Crippen LogP contribution in [-0.2, 0) is 49.6 Å². The number of nitrogens with one attached hydrogen (secondary N) is 5. The lowest BCUT2D eigenvalue weighted by Gasteiger charge is -2.32. The first kappa shape index (κ1) is 47.4. The van der Waals surface area contributed by atoms with Gasteiger partial charge < -0.3 is 58.9 Å². The van der Waals surface area contributed by atoms with Crippen molar-refractivity contribution in [3.63, 3.8) is 0 Å². The molecule has 1 aromatic rings. The van der Waals surface area contributed by atoms with Gasteiger partial charge in [-0.3, -0.25) is 43.2 Å². The molecule has 8 atom stereocenters. The lowest BCUT2D eigenvalue weighted by atomic mass is 9.96. The Hall–Kier alpha value is -5.79. The average Bonchev–Trinajstić information content (AvgIpc) is 3.64. The van der Waals surface area contributed by atoms with Gasteiger partial charge in [-0.1, -0.05) is 46.2 Å². The van der Waals surface area contributed by atoms with Crippen LogP contribution in [0, 0.1) is 11.8 Å². The van der Waals surface area contributed by atoms with Crippen LogP contribution in [0.4, 0.5) is 0 Å². The van der Waals surface area contributed by atoms with Crippen molar-refractivity contribution < 1.29 is 53.4 Å². The Labute approximate surface area is 330 Å². The molecule has 20 heteroatoms. The van der Waals surface area contributed by atoms with Crippen LogP contribution < -0.4 is 43.8 Å². The number of likely N-dealkylation sites (tertiary alicyclic amines) is 1. The maximum atomic E-state index is 14.3. The number of carboxylic acids is 1. The van der Waals surface area contributed by atoms with E-state index < -0.39 is 114 Å². The Morgan fingerprint density at radius 2 is 1.39 bits per heavy atom. The molecule has 316 valence electrons. The molecule has 0 saturated carbocycles. The Balaban J connectivity index is 2.37. The second kappa shape index (κ2) is 22.1. The predicted octanol–water partition coefficient (Wildman–Crippen LogP) is -2.38. The molecule has 8 amide bonds. The number of phenols is 1. The first-order valence-electron chi connectivity index (χ1n) is 18.8. The van der Waals surface area contributed by atoms with Crippen molar-refractivity contribution in [1.82, 2.24) is 31.5 Å². The molecule has 1 heterocycles. The molecule has 0 aromatic heterocycles. The summed E-state index contributed by atoms with van der Waals surface area (Å²) in [6.07, 6.45) is -0.189. The SMILES string of the molecule is CC[C@H](C)[C@H](NC(=O)[C@@H]1CCCN1C(=O)[C@H](Cc1ccc(O)cc1)NC(=O)[C@H](CC(N)=O)NC(=O)[C@@H](N)CCC(N)=O)C(=O)N[C@H](C(=O)N[C@@H](C)C(=O)O)C(C)C. The van der Waals surface area contributed by atoms with Crippen molar-refractivity contribution in [1.29, 1.82) is 0 Å². The predicted molar refractivity (Wildman–Crippen MR) is 204 cm³/mol. The van der Waals surface area contributed by atoms with Gasteiger partial charge in [-0.25, -0.2) is 0 Å². The maximum Gasteiger partial charge on any atom is 0.325 e. The standard InChI is InChI=1S/C37H57N9O11/c1-6-19(4)30(35(54)44-29(18(2)3)34(53)41-20(5)37(56)57)45-33(52)26-8-7-15-46(26)36(55)25(16-21-9-11-22(47)12-10-21)43-32(51)24(17-28(40)49)42-31(50)23(38)13-14-27(39)48/h9-12,18-20,23-26,29-30,47H,6-8,13-17,38H2,1-5H3,(H2,39,48)(H2,40,49)(H,41,53)(H,42,50)(H,43,51)(H,44,54)(H,45,52)(H,56,57)/t19-,20-,23-,24-,25-,26-,29-,30-/m0/s1. The summed E-state index contributed by atoms with van der Waals surface area (Å²) in [6.45, 7) is 8.20. The number of primary amides is 2. The summed E-state index contributed by atoms with van der Waals surface area (Å²) in [4.78, 5) is 117. The van der Waals surface area contributed by atoms with Crippen molar-refractivity contribution >= 4 is 53.2 Å². The minimum Gasteiger partial charge on any atom is -0.508 e. The zero-order chi connectivity index (χ0) is 43.1. The zero-order valence-corrected chi connectivity index (χ0v) is 32.9. The van der Waals surface area contributed by atoms with Crippen LogP contribution in [0.3, 0.4) is 0 Å². The maximum absolute atomic E-state index is 14.3. The van der Waals surface area contributed by atoms with Gasteiger partial charge in [0.05, 0.1) is 12.5 Å². The Bertz CT molecular complexity index is 1640. The number of nitrogens with zero attached hydrogens (tertiary/aromatic N) is 1. The lowest BCUT2D eigenvalue weighted by Crippen LogP contribution is -2.61. The summed E-state index contributed by atoms with van der Waals surface area (Å²) in [5.74, 6) is -8.56. The summed E-state index contributed by atoms with van der Waals surface area (Å²) in [7, 11) is 0. The van der Waals surface area contributed by atoms with Crippen LogP contribution in [0.15, 0.2) is 24.3 Å². The molecule has 0 radical (unpaired) electrons. The molecule has 13 N–H and O–H groups in total. The molecule has 20 nitrogen and oxygen atoms in total. The van der Waals surface area contributed by atoms with Crippen molar-refractivity contribution in [3.05, 3.63) is 29.8 Å². The molecule has 1 fully saturated rings. The monoisotopic (exact) mass is 803 g/mol. The minimum atomic E-state index is -1.58. The van der Waals surface area contributed by atoms with E-state index in [1.807, 2.05) is 0 Å². The third kappa shape index (κ3) is 14.7. The fraction of sp³-hybridized carbons (Fsp3) is 0.595. The zero-order valence-electron chi connectivity index (χ0n) is 32.9. The number of carbonyl (C=O) groups excluding carboxylic acids is 8. The Kier molecular flexibility index (Phi) is 18.3. The largest absolute Gasteiger partial charge is 0.508 e. The van der Waals surface area contributed by atoms with E-state index in [9.17, 15) is 53.4 Å². The summed E-state index contributed by atoms with van der Waals surface area (Å²) < 4.78 is 0. The van der Waals surface area contributed by atoms with Crippen molar-refractivity contribution in [3.8, 4) is 5.75 Å². The molecule has 0 aliphatic carbocycles. The number of nitrogens with two attached hydrogens (primary N) is 3. The van der Waals surface area contributed by atoms with Gasteiger partial charge in [0.1, 0.15) is 42.0 Å². The highest BCUT2D eigenvalue weighted by Crippen LogP contribution is 2.22. The van der Waals surface area contributed by atoms with Gasteiger partial charge in [-0.15, -0.1) is 0 Å². The van der Waals surface area contributed by atoms with Crippen LogP contribution in [0.1, 0.15) is 78.7 Å². The topological polar surface area (TPSA) is 336 Å². The molecule has 0 unspecified atom stereocenters. The third-order valence-corrected chi connectivity index (χ3v) is 9.68. The molecular weight excluding hydrogens is 746 g/mol. The number of benzene rings is 1. The second-order valence-electron chi connectivity index (χ2n) is 14.6. The Morgan fingerprint density at radius 3 is 1.93 bits per heavy atom. The number of phenolic OH excluding ortho intramolecular Hbond substituents is 1. The molecule has 1 saturated heterocycles. The summed E-state index contributed by atoms with van der Waals surface area (Å²) >= 11 is 0. The minimum absolute atomic E-state index is 0.0612. The summed E-state index contributed by atoms with van der Waals surface area (Å²) in [5, 5.41) is 31.7. The first-order chi connectivity index (χ1) is 26.7. The van der Waals surface area contributed by atoms with E-state index in [4.69, 9.17) is 17.2 Å². The number of carbonyl (C=O) groups is 9. The number of hydrogen-bond acceptors (Lipinski definition) is 11. The second-order valence-corrected chi connectivity index (χ2v) is 14.6. The Morgan fingerprint density at radius 1 is 0.789 bits per heavy atom. The average molecular weight is 804 g/mol. The van der Waals surface area contributed by atoms with E-state index >= 15 is 0 Å². The third-order valence-electron chi connectivity index (χ3n) is 9.68. The molecule has 2 rings (SSSR count). The van der Waals surface area contributed by atoms with E-state index in [1.165, 1.54) is 36.1 Å². The molecule has 1 aromatic carbocycles. The molecule has 1 aliphatic heterocycles. The molecule has 0 bridgehead atoms. The molecule has 1 aliphatic rings. The van der Waals surface area contributed by atoms with Crippen LogP contribution in [0.25, 0.3) is 0 Å². The van der Waals surface area contributed by atoms with Crippen molar-refractivity contribution in [2.75, 3.05) is 6.54 Å². The normalized spacial score (nSPS) is 17.5. The lowest BCUT2D eigenvalue weighted by molar-refractivity contribution is -0.143. The summed E-state index contributed by atoms with van der Waals surface area (Å²) in [5.41, 5.74) is 16.8. The number of hydrogen-bond donors (Lipinski definition) is 10. The van der Waals surface area contributed by atoms with Gasteiger partial charge >= 0.3 is 5.97 Å². The van der Waals surface area contributed by atoms with Crippen molar-refractivity contribution in [2.24, 2.45) is 29.0 Å². The van der Waals surface area contributed by atoms with Gasteiger partial charge in [0.25, 0.3) is 0 Å². The number of amides is 8. The van der Waals surface area contributed by atoms with Crippen LogP contribution >= 0.6 is 0 Å². The first-order valence-corrected chi connectivity index (χ1v) is 18.8. The van der Waals surface area contributed by atoms with Gasteiger partial charge in [0.15, 0.2) is 0 Å². The fourth-order valence-corrected chi connectivity index (χ4v) is 6.06. The summed E-state index contributed by atoms with van der Waals surface area (Å²) in [6, 6.07) is -3.08. The van der Waals surface area contributed by atoms with Gasteiger partial charge in [-0.2, -0.15) is 0 Å². The molecule has 0 spiro atoms. The number of rotatable bonds is 22. The number of carboxylic acid groups (broad SMARTS) is 1. The van der Waals surface area contributed by atoms with Crippen LogP contribution in [0.5, 0.6) is 5.75 Å². The highest BCUT2D eigenvalue weighted by atomic mass is 16.4.